The van der Waals surface area contributed by atoms with Gasteiger partial charge in [-0.15, -0.1) is 0 Å². The van der Waals surface area contributed by atoms with Crippen LogP contribution in [0.25, 0.3) is 0 Å². The van der Waals surface area contributed by atoms with E-state index in [0.717, 1.165) is 5.19 Å². The maximum Gasteiger partial charge on any atom is 0.240 e. The fourth-order valence-electron chi connectivity index (χ4n) is 1.43. The number of nitrogens with one attached hydrogen (secondary N) is 1. The molecule has 0 atom stereocenters. The van der Waals surface area contributed by atoms with E-state index >= 15 is 0 Å². The van der Waals surface area contributed by atoms with Crippen LogP contribution in [0.4, 0.5) is 0 Å². The molecule has 5 heteroatoms. The van der Waals surface area contributed by atoms with Crippen LogP contribution < -0.4 is 9.91 Å². The second-order valence-electron chi connectivity index (χ2n) is 4.45. The Balaban J connectivity index is 3.45. The van der Waals surface area contributed by atoms with Gasteiger partial charge in [-0.05, 0) is 18.3 Å². The van der Waals surface area contributed by atoms with E-state index < -0.39 is 18.1 Å². The van der Waals surface area contributed by atoms with Gasteiger partial charge in [-0.25, -0.2) is 13.1 Å². The van der Waals surface area contributed by atoms with Gasteiger partial charge in [-0.2, -0.15) is 0 Å². The van der Waals surface area contributed by atoms with E-state index in [4.69, 9.17) is 0 Å². The summed E-state index contributed by atoms with van der Waals surface area (Å²) >= 11 is 0. The molecule has 1 N–H and O–H groups in total. The van der Waals surface area contributed by atoms with Gasteiger partial charge in [-0.3, -0.25) is 0 Å². The highest BCUT2D eigenvalue weighted by molar-refractivity contribution is 7.89. The summed E-state index contributed by atoms with van der Waals surface area (Å²) in [5.74, 6) is 0. The molecule has 0 aromatic heterocycles. The van der Waals surface area contributed by atoms with Crippen molar-refractivity contribution >= 4 is 23.3 Å². The Morgan fingerprint density at radius 2 is 1.67 bits per heavy atom. The lowest BCUT2D eigenvalue weighted by Crippen LogP contribution is -2.42. The molecule has 0 amide bonds. The summed E-state index contributed by atoms with van der Waals surface area (Å²) < 4.78 is 25.9. The van der Waals surface area contributed by atoms with Crippen molar-refractivity contribution in [3.05, 3.63) is 24.3 Å². The van der Waals surface area contributed by atoms with Crippen molar-refractivity contribution in [2.75, 3.05) is 7.05 Å². The SMILES string of the molecule is CNS(=O)(=O)c1ccccc1[Si](C)(C)C. The molecule has 0 bridgehead atoms. The van der Waals surface area contributed by atoms with Crippen molar-refractivity contribution < 1.29 is 8.42 Å². The quantitative estimate of drug-likeness (QED) is 0.809. The van der Waals surface area contributed by atoms with Crippen molar-refractivity contribution in [3.63, 3.8) is 0 Å². The Kier molecular flexibility index (Phi) is 3.37. The van der Waals surface area contributed by atoms with Crippen molar-refractivity contribution in [3.8, 4) is 0 Å². The molecule has 0 unspecified atom stereocenters. The van der Waals surface area contributed by atoms with Crippen molar-refractivity contribution in [2.24, 2.45) is 0 Å². The van der Waals surface area contributed by atoms with Crippen LogP contribution in [0.3, 0.4) is 0 Å². The van der Waals surface area contributed by atoms with Gasteiger partial charge in [0.15, 0.2) is 0 Å². The summed E-state index contributed by atoms with van der Waals surface area (Å²) in [6, 6.07) is 7.23. The number of hydrogen-bond acceptors (Lipinski definition) is 2. The van der Waals surface area contributed by atoms with Crippen LogP contribution >= 0.6 is 0 Å². The molecule has 0 saturated carbocycles. The van der Waals surface area contributed by atoms with Gasteiger partial charge in [0.25, 0.3) is 0 Å². The van der Waals surface area contributed by atoms with Crippen LogP contribution in [-0.2, 0) is 10.0 Å². The van der Waals surface area contributed by atoms with Gasteiger partial charge in [0.2, 0.25) is 10.0 Å². The highest BCUT2D eigenvalue weighted by Crippen LogP contribution is 2.11. The highest BCUT2D eigenvalue weighted by Gasteiger charge is 2.25. The Morgan fingerprint density at radius 3 is 2.13 bits per heavy atom. The zero-order valence-corrected chi connectivity index (χ0v) is 11.4. The Bertz CT molecular complexity index is 449. The van der Waals surface area contributed by atoms with Crippen LogP contribution in [0.15, 0.2) is 29.2 Å². The minimum Gasteiger partial charge on any atom is -0.214 e. The lowest BCUT2D eigenvalue weighted by molar-refractivity contribution is 0.589. The maximum atomic E-state index is 11.8. The summed E-state index contributed by atoms with van der Waals surface area (Å²) in [6.45, 7) is 6.41. The van der Waals surface area contributed by atoms with Crippen LogP contribution in [0.1, 0.15) is 0 Å². The van der Waals surface area contributed by atoms with Gasteiger partial charge in [-0.1, -0.05) is 37.8 Å². The standard InChI is InChI=1S/C10H17NO2SSi/c1-11-14(12,13)9-7-5-6-8-10(9)15(2,3)4/h5-8,11H,1-4H3. The normalized spacial score (nSPS) is 12.8. The van der Waals surface area contributed by atoms with Crippen LogP contribution in [0.5, 0.6) is 0 Å². The Labute approximate surface area is 92.6 Å². The number of rotatable bonds is 3. The predicted molar refractivity (Wildman–Crippen MR) is 65.7 cm³/mol. The van der Waals surface area contributed by atoms with Gasteiger partial charge in [0.05, 0.1) is 13.0 Å². The molecule has 0 fully saturated rings. The number of sulfonamides is 1. The van der Waals surface area contributed by atoms with E-state index in [1.807, 2.05) is 12.1 Å². The highest BCUT2D eigenvalue weighted by atomic mass is 32.2. The van der Waals surface area contributed by atoms with Crippen molar-refractivity contribution in [2.45, 2.75) is 24.5 Å². The largest absolute Gasteiger partial charge is 0.240 e. The minimum atomic E-state index is -3.33. The summed E-state index contributed by atoms with van der Waals surface area (Å²) in [4.78, 5) is 0.423. The second kappa shape index (κ2) is 4.07. The second-order valence-corrected chi connectivity index (χ2v) is 11.3. The molecule has 0 aliphatic carbocycles. The average molecular weight is 243 g/mol. The third kappa shape index (κ3) is 2.67. The van der Waals surface area contributed by atoms with Gasteiger partial charge in [0.1, 0.15) is 0 Å². The molecule has 0 aliphatic rings. The van der Waals surface area contributed by atoms with E-state index in [0.29, 0.717) is 4.90 Å². The molecule has 15 heavy (non-hydrogen) atoms. The number of hydrogen-bond donors (Lipinski definition) is 1. The van der Waals surface area contributed by atoms with Gasteiger partial charge >= 0.3 is 0 Å². The first kappa shape index (κ1) is 12.4. The topological polar surface area (TPSA) is 46.2 Å². The molecular weight excluding hydrogens is 226 g/mol. The first-order valence-corrected chi connectivity index (χ1v) is 9.80. The molecule has 3 nitrogen and oxygen atoms in total. The molecule has 0 heterocycles. The lowest BCUT2D eigenvalue weighted by atomic mass is 10.4. The Hall–Kier alpha value is -0.653. The van der Waals surface area contributed by atoms with E-state index in [1.54, 1.807) is 12.1 Å². The summed E-state index contributed by atoms with van der Waals surface area (Å²) in [6.07, 6.45) is 0. The fraction of sp³-hybridized carbons (Fsp3) is 0.400. The summed E-state index contributed by atoms with van der Waals surface area (Å²) in [5.41, 5.74) is 0. The van der Waals surface area contributed by atoms with Crippen LogP contribution in [0.2, 0.25) is 19.6 Å². The molecule has 0 saturated heterocycles. The molecule has 84 valence electrons. The molecular formula is C10H17NO2SSi. The molecule has 1 aromatic rings. The molecule has 0 aliphatic heterocycles. The molecule has 0 spiro atoms. The van der Waals surface area contributed by atoms with Crippen LogP contribution in [-0.4, -0.2) is 23.5 Å². The molecule has 0 radical (unpaired) electrons. The third-order valence-electron chi connectivity index (χ3n) is 2.25. The molecule has 1 rings (SSSR count). The van der Waals surface area contributed by atoms with Crippen molar-refractivity contribution in [1.82, 2.24) is 4.72 Å². The predicted octanol–water partition coefficient (Wildman–Crippen LogP) is 1.14. The maximum absolute atomic E-state index is 11.8. The van der Waals surface area contributed by atoms with E-state index in [2.05, 4.69) is 24.4 Å². The van der Waals surface area contributed by atoms with Crippen molar-refractivity contribution in [1.29, 1.82) is 0 Å². The Morgan fingerprint density at radius 1 is 1.13 bits per heavy atom. The van der Waals surface area contributed by atoms with E-state index in [9.17, 15) is 8.42 Å². The minimum absolute atomic E-state index is 0.423. The summed E-state index contributed by atoms with van der Waals surface area (Å²) in [7, 11) is -3.51. The fourth-order valence-corrected chi connectivity index (χ4v) is 5.01. The van der Waals surface area contributed by atoms with E-state index in [1.165, 1.54) is 7.05 Å². The smallest absolute Gasteiger partial charge is 0.214 e. The summed E-state index contributed by atoms with van der Waals surface area (Å²) in [5, 5.41) is 0.972. The zero-order chi connectivity index (χ0) is 11.7. The third-order valence-corrected chi connectivity index (χ3v) is 5.96. The van der Waals surface area contributed by atoms with Gasteiger partial charge in [0, 0.05) is 0 Å². The molecule has 1 aromatic carbocycles. The first-order chi connectivity index (χ1) is 6.79. The van der Waals surface area contributed by atoms with E-state index in [-0.39, 0.29) is 0 Å². The monoisotopic (exact) mass is 243 g/mol. The van der Waals surface area contributed by atoms with Crippen LogP contribution in [0, 0.1) is 0 Å². The zero-order valence-electron chi connectivity index (χ0n) is 9.53. The van der Waals surface area contributed by atoms with Gasteiger partial charge < -0.3 is 0 Å². The average Bonchev–Trinajstić information content (AvgIpc) is 2.16. The lowest BCUT2D eigenvalue weighted by Gasteiger charge is -2.20. The first-order valence-electron chi connectivity index (χ1n) is 4.82. The number of benzene rings is 1.